The summed E-state index contributed by atoms with van der Waals surface area (Å²) in [7, 11) is 0. The van der Waals surface area contributed by atoms with Crippen molar-refractivity contribution in [1.82, 2.24) is 0 Å². The van der Waals surface area contributed by atoms with E-state index in [1.165, 1.54) is 0 Å². The zero-order chi connectivity index (χ0) is 9.68. The maximum atomic E-state index is 8.94. The van der Waals surface area contributed by atoms with Crippen molar-refractivity contribution in [1.29, 1.82) is 5.26 Å². The van der Waals surface area contributed by atoms with Gasteiger partial charge in [-0.05, 0) is 29.7 Å². The topological polar surface area (TPSA) is 44.0 Å². The van der Waals surface area contributed by atoms with Gasteiger partial charge in [0, 0.05) is 0 Å². The molecular formula is C11H13NO. The van der Waals surface area contributed by atoms with Gasteiger partial charge in [0.1, 0.15) is 0 Å². The quantitative estimate of drug-likeness (QED) is 0.763. The molecule has 0 atom stereocenters. The lowest BCUT2D eigenvalue weighted by Gasteiger charge is -2.02. The van der Waals surface area contributed by atoms with Gasteiger partial charge in [0.05, 0.1) is 18.2 Å². The Hall–Kier alpha value is -1.33. The molecule has 0 aliphatic rings. The first kappa shape index (κ1) is 9.76. The number of benzene rings is 1. The number of hydrogen-bond donors (Lipinski definition) is 1. The lowest BCUT2D eigenvalue weighted by atomic mass is 10.0. The van der Waals surface area contributed by atoms with Crippen LogP contribution in [-0.2, 0) is 13.0 Å². The molecule has 0 aliphatic heterocycles. The first-order chi connectivity index (χ1) is 6.30. The van der Waals surface area contributed by atoms with Crippen LogP contribution in [0.2, 0.25) is 0 Å². The number of hydrogen-bond acceptors (Lipinski definition) is 2. The van der Waals surface area contributed by atoms with E-state index in [1.807, 2.05) is 12.1 Å². The summed E-state index contributed by atoms with van der Waals surface area (Å²) in [6, 6.07) is 7.64. The minimum absolute atomic E-state index is 0.00618. The zero-order valence-electron chi connectivity index (χ0n) is 7.75. The molecule has 2 nitrogen and oxygen atoms in total. The fraction of sp³-hybridized carbons (Fsp3) is 0.364. The highest BCUT2D eigenvalue weighted by Gasteiger charge is 1.99. The Bertz CT molecular complexity index is 325. The number of aliphatic hydroxyl groups excluding tert-OH is 1. The van der Waals surface area contributed by atoms with E-state index in [-0.39, 0.29) is 6.61 Å². The van der Waals surface area contributed by atoms with Crippen molar-refractivity contribution in [3.63, 3.8) is 0 Å². The standard InChI is InChI=1S/C11H13NO/c1-2-3-9-4-10(7-12)6-11(5-9)8-13/h4-6,13H,2-3,8H2,1H3. The average molecular weight is 175 g/mol. The third-order valence-corrected chi connectivity index (χ3v) is 1.90. The van der Waals surface area contributed by atoms with Crippen LogP contribution in [-0.4, -0.2) is 5.11 Å². The fourth-order valence-corrected chi connectivity index (χ4v) is 1.35. The summed E-state index contributed by atoms with van der Waals surface area (Å²) in [4.78, 5) is 0. The van der Waals surface area contributed by atoms with E-state index in [2.05, 4.69) is 13.0 Å². The molecule has 0 saturated heterocycles. The van der Waals surface area contributed by atoms with Crippen LogP contribution in [0.3, 0.4) is 0 Å². The summed E-state index contributed by atoms with van der Waals surface area (Å²) in [5.74, 6) is 0. The number of nitrogens with zero attached hydrogens (tertiary/aromatic N) is 1. The lowest BCUT2D eigenvalue weighted by Crippen LogP contribution is -1.90. The van der Waals surface area contributed by atoms with Crippen LogP contribution >= 0.6 is 0 Å². The maximum Gasteiger partial charge on any atom is 0.0991 e. The first-order valence-corrected chi connectivity index (χ1v) is 4.44. The fourth-order valence-electron chi connectivity index (χ4n) is 1.35. The van der Waals surface area contributed by atoms with Gasteiger partial charge in [0.2, 0.25) is 0 Å². The Balaban J connectivity index is 3.01. The maximum absolute atomic E-state index is 8.94. The zero-order valence-corrected chi connectivity index (χ0v) is 7.75. The summed E-state index contributed by atoms with van der Waals surface area (Å²) in [5.41, 5.74) is 2.59. The molecule has 0 aliphatic carbocycles. The largest absolute Gasteiger partial charge is 0.392 e. The second kappa shape index (κ2) is 4.64. The van der Waals surface area contributed by atoms with Crippen LogP contribution in [0.5, 0.6) is 0 Å². The Labute approximate surface area is 78.4 Å². The van der Waals surface area contributed by atoms with Gasteiger partial charge in [-0.3, -0.25) is 0 Å². The Morgan fingerprint density at radius 1 is 1.31 bits per heavy atom. The molecule has 0 heterocycles. The summed E-state index contributed by atoms with van der Waals surface area (Å²) in [5, 5.41) is 17.7. The first-order valence-electron chi connectivity index (χ1n) is 4.44. The van der Waals surface area contributed by atoms with Crippen molar-refractivity contribution < 1.29 is 5.11 Å². The van der Waals surface area contributed by atoms with Gasteiger partial charge >= 0.3 is 0 Å². The molecule has 0 amide bonds. The van der Waals surface area contributed by atoms with Gasteiger partial charge in [0.15, 0.2) is 0 Å². The molecule has 1 aromatic carbocycles. The number of aliphatic hydroxyl groups is 1. The normalized spacial score (nSPS) is 9.62. The van der Waals surface area contributed by atoms with Gasteiger partial charge in [-0.25, -0.2) is 0 Å². The SMILES string of the molecule is CCCc1cc(C#N)cc(CO)c1. The monoisotopic (exact) mass is 175 g/mol. The summed E-state index contributed by atoms with van der Waals surface area (Å²) < 4.78 is 0. The van der Waals surface area contributed by atoms with Crippen LogP contribution < -0.4 is 0 Å². The molecule has 0 unspecified atom stereocenters. The average Bonchev–Trinajstić information content (AvgIpc) is 2.17. The van der Waals surface area contributed by atoms with Gasteiger partial charge in [-0.2, -0.15) is 5.26 Å². The van der Waals surface area contributed by atoms with Crippen LogP contribution in [0.4, 0.5) is 0 Å². The van der Waals surface area contributed by atoms with Gasteiger partial charge in [-0.1, -0.05) is 19.4 Å². The number of aryl methyl sites for hydroxylation is 1. The number of rotatable bonds is 3. The highest BCUT2D eigenvalue weighted by atomic mass is 16.3. The molecule has 0 bridgehead atoms. The minimum Gasteiger partial charge on any atom is -0.392 e. The molecule has 68 valence electrons. The third kappa shape index (κ3) is 2.57. The second-order valence-corrected chi connectivity index (χ2v) is 3.06. The van der Waals surface area contributed by atoms with Gasteiger partial charge in [0.25, 0.3) is 0 Å². The summed E-state index contributed by atoms with van der Waals surface area (Å²) >= 11 is 0. The molecule has 0 aromatic heterocycles. The predicted molar refractivity (Wildman–Crippen MR) is 51.1 cm³/mol. The third-order valence-electron chi connectivity index (χ3n) is 1.90. The van der Waals surface area contributed by atoms with E-state index >= 15 is 0 Å². The van der Waals surface area contributed by atoms with E-state index in [1.54, 1.807) is 6.07 Å². The molecule has 0 radical (unpaired) electrons. The molecule has 0 saturated carbocycles. The van der Waals surface area contributed by atoms with Crippen LogP contribution in [0.15, 0.2) is 18.2 Å². The van der Waals surface area contributed by atoms with Crippen molar-refractivity contribution in [2.45, 2.75) is 26.4 Å². The van der Waals surface area contributed by atoms with Crippen molar-refractivity contribution in [2.75, 3.05) is 0 Å². The molecule has 1 rings (SSSR count). The second-order valence-electron chi connectivity index (χ2n) is 3.06. The van der Waals surface area contributed by atoms with Crippen LogP contribution in [0.25, 0.3) is 0 Å². The van der Waals surface area contributed by atoms with Crippen LogP contribution in [0, 0.1) is 11.3 Å². The van der Waals surface area contributed by atoms with Crippen molar-refractivity contribution in [3.05, 3.63) is 34.9 Å². The highest BCUT2D eigenvalue weighted by Crippen LogP contribution is 2.11. The Kier molecular flexibility index (Phi) is 3.48. The molecule has 1 N–H and O–H groups in total. The molecule has 0 fully saturated rings. The lowest BCUT2D eigenvalue weighted by molar-refractivity contribution is 0.281. The van der Waals surface area contributed by atoms with Crippen molar-refractivity contribution >= 4 is 0 Å². The predicted octanol–water partition coefficient (Wildman–Crippen LogP) is 2.00. The van der Waals surface area contributed by atoms with E-state index in [0.717, 1.165) is 24.0 Å². The van der Waals surface area contributed by atoms with E-state index < -0.39 is 0 Å². The smallest absolute Gasteiger partial charge is 0.0991 e. The van der Waals surface area contributed by atoms with E-state index in [9.17, 15) is 0 Å². The highest BCUT2D eigenvalue weighted by molar-refractivity contribution is 5.37. The van der Waals surface area contributed by atoms with E-state index in [0.29, 0.717) is 5.56 Å². The van der Waals surface area contributed by atoms with Gasteiger partial charge < -0.3 is 5.11 Å². The molecule has 1 aromatic rings. The van der Waals surface area contributed by atoms with Crippen molar-refractivity contribution in [3.8, 4) is 6.07 Å². The molecule has 2 heteroatoms. The molecule has 0 spiro atoms. The van der Waals surface area contributed by atoms with Gasteiger partial charge in [-0.15, -0.1) is 0 Å². The minimum atomic E-state index is 0.00618. The summed E-state index contributed by atoms with van der Waals surface area (Å²) in [6.45, 7) is 2.10. The Morgan fingerprint density at radius 2 is 2.00 bits per heavy atom. The van der Waals surface area contributed by atoms with E-state index in [4.69, 9.17) is 10.4 Å². The Morgan fingerprint density at radius 3 is 2.54 bits per heavy atom. The van der Waals surface area contributed by atoms with Crippen LogP contribution in [0.1, 0.15) is 30.0 Å². The molecular weight excluding hydrogens is 162 g/mol. The van der Waals surface area contributed by atoms with Crippen molar-refractivity contribution in [2.24, 2.45) is 0 Å². The summed E-state index contributed by atoms with van der Waals surface area (Å²) in [6.07, 6.45) is 2.02. The molecule has 13 heavy (non-hydrogen) atoms. The number of nitriles is 1.